The first kappa shape index (κ1) is 24.0. The van der Waals surface area contributed by atoms with Crippen LogP contribution in [0.1, 0.15) is 58.4 Å². The first-order valence-electron chi connectivity index (χ1n) is 14.2. The monoisotopic (exact) mass is 515 g/mol. The molecule has 2 heterocycles. The molecule has 2 aromatic carbocycles. The molecule has 6 aliphatic rings. The van der Waals surface area contributed by atoms with Crippen molar-refractivity contribution in [2.24, 2.45) is 23.7 Å². The zero-order valence-electron chi connectivity index (χ0n) is 22.4. The third-order valence-electron chi connectivity index (χ3n) is 10.0. The van der Waals surface area contributed by atoms with E-state index in [1.54, 1.807) is 26.4 Å². The summed E-state index contributed by atoms with van der Waals surface area (Å²) < 4.78 is 10.7. The molecule has 200 valence electrons. The van der Waals surface area contributed by atoms with E-state index in [0.29, 0.717) is 22.6 Å². The highest BCUT2D eigenvalue weighted by Crippen LogP contribution is 2.55. The van der Waals surface area contributed by atoms with Crippen molar-refractivity contribution >= 4 is 17.5 Å². The van der Waals surface area contributed by atoms with Crippen molar-refractivity contribution < 1.29 is 19.1 Å². The minimum absolute atomic E-state index is 0.201. The lowest BCUT2D eigenvalue weighted by atomic mass is 9.54. The Morgan fingerprint density at radius 1 is 0.789 bits per heavy atom. The van der Waals surface area contributed by atoms with Gasteiger partial charge in [-0.25, -0.2) is 0 Å². The number of fused-ring (bicyclic) bond motifs is 1. The molecule has 1 saturated heterocycles. The summed E-state index contributed by atoms with van der Waals surface area (Å²) in [5, 5.41) is 0. The number of piperazine rings is 1. The number of carbonyl (C=O) groups excluding carboxylic acids is 2. The predicted octanol–water partition coefficient (Wildman–Crippen LogP) is 4.45. The quantitative estimate of drug-likeness (QED) is 0.530. The number of hydrogen-bond acceptors (Lipinski definition) is 6. The van der Waals surface area contributed by atoms with Crippen LogP contribution in [-0.2, 0) is 6.54 Å². The molecule has 4 aliphatic carbocycles. The average molecular weight is 516 g/mol. The molecular formula is C31H37N3O4. The van der Waals surface area contributed by atoms with Gasteiger partial charge in [-0.1, -0.05) is 12.1 Å². The van der Waals surface area contributed by atoms with Gasteiger partial charge in [0, 0.05) is 32.2 Å². The third kappa shape index (κ3) is 3.81. The van der Waals surface area contributed by atoms with Crippen molar-refractivity contribution in [3.63, 3.8) is 0 Å². The number of carbonyl (C=O) groups is 2. The fourth-order valence-corrected chi connectivity index (χ4v) is 8.64. The van der Waals surface area contributed by atoms with Crippen LogP contribution in [0.25, 0.3) is 0 Å². The minimum atomic E-state index is -0.228. The Hall–Kier alpha value is -3.06. The normalized spacial score (nSPS) is 30.2. The summed E-state index contributed by atoms with van der Waals surface area (Å²) in [7, 11) is 3.17. The number of methoxy groups -OCH3 is 2. The molecule has 2 amide bonds. The van der Waals surface area contributed by atoms with Gasteiger partial charge in [-0.15, -0.1) is 0 Å². The highest BCUT2D eigenvalue weighted by atomic mass is 16.5. The number of nitrogens with zero attached hydrogens (tertiary/aromatic N) is 3. The second kappa shape index (κ2) is 9.30. The van der Waals surface area contributed by atoms with Crippen LogP contribution in [0.15, 0.2) is 36.4 Å². The van der Waals surface area contributed by atoms with E-state index in [-0.39, 0.29) is 18.4 Å². The van der Waals surface area contributed by atoms with Crippen LogP contribution in [-0.4, -0.2) is 68.1 Å². The van der Waals surface area contributed by atoms with Crippen molar-refractivity contribution in [1.29, 1.82) is 0 Å². The fraction of sp³-hybridized carbons (Fsp3) is 0.548. The van der Waals surface area contributed by atoms with E-state index in [4.69, 9.17) is 9.47 Å². The largest absolute Gasteiger partial charge is 0.493 e. The molecule has 38 heavy (non-hydrogen) atoms. The van der Waals surface area contributed by atoms with Crippen LogP contribution in [0.4, 0.5) is 5.69 Å². The van der Waals surface area contributed by atoms with Crippen molar-refractivity contribution in [3.8, 4) is 11.5 Å². The van der Waals surface area contributed by atoms with Crippen LogP contribution in [0.5, 0.6) is 11.5 Å². The van der Waals surface area contributed by atoms with Crippen LogP contribution in [0.2, 0.25) is 0 Å². The van der Waals surface area contributed by atoms with E-state index in [0.717, 1.165) is 67.1 Å². The van der Waals surface area contributed by atoms with Gasteiger partial charge in [0.15, 0.2) is 11.5 Å². The Bertz CT molecular complexity index is 1240. The van der Waals surface area contributed by atoms with Gasteiger partial charge in [0.1, 0.15) is 0 Å². The van der Waals surface area contributed by atoms with Crippen molar-refractivity contribution in [1.82, 2.24) is 9.80 Å². The fourth-order valence-electron chi connectivity index (χ4n) is 8.64. The molecule has 0 unspecified atom stereocenters. The Balaban J connectivity index is 1.07. The zero-order chi connectivity index (χ0) is 26.0. The van der Waals surface area contributed by atoms with Crippen molar-refractivity contribution in [3.05, 3.63) is 53.1 Å². The van der Waals surface area contributed by atoms with Gasteiger partial charge in [-0.2, -0.15) is 0 Å². The van der Waals surface area contributed by atoms with Crippen LogP contribution >= 0.6 is 0 Å². The lowest BCUT2D eigenvalue weighted by Gasteiger charge is -2.58. The molecule has 2 aliphatic heterocycles. The summed E-state index contributed by atoms with van der Waals surface area (Å²) in [5.41, 5.74) is 2.79. The smallest absolute Gasteiger partial charge is 0.263 e. The van der Waals surface area contributed by atoms with Gasteiger partial charge < -0.3 is 14.4 Å². The Morgan fingerprint density at radius 3 is 2.13 bits per heavy atom. The Kier molecular flexibility index (Phi) is 5.87. The molecule has 0 spiro atoms. The van der Waals surface area contributed by atoms with E-state index >= 15 is 0 Å². The van der Waals surface area contributed by atoms with Gasteiger partial charge in [0.05, 0.1) is 37.6 Å². The van der Waals surface area contributed by atoms with Crippen LogP contribution in [0, 0.1) is 23.7 Å². The van der Waals surface area contributed by atoms with E-state index < -0.39 is 0 Å². The zero-order valence-corrected chi connectivity index (χ0v) is 22.4. The molecule has 2 aromatic rings. The molecule has 0 radical (unpaired) electrons. The van der Waals surface area contributed by atoms with Crippen molar-refractivity contribution in [2.45, 2.75) is 44.7 Å². The van der Waals surface area contributed by atoms with Gasteiger partial charge in [-0.3, -0.25) is 19.4 Å². The number of ether oxygens (including phenoxy) is 2. The predicted molar refractivity (Wildman–Crippen MR) is 145 cm³/mol. The molecule has 4 saturated carbocycles. The minimum Gasteiger partial charge on any atom is -0.493 e. The van der Waals surface area contributed by atoms with Crippen LogP contribution < -0.4 is 14.4 Å². The highest BCUT2D eigenvalue weighted by Gasteiger charge is 2.50. The average Bonchev–Trinajstić information content (AvgIpc) is 3.17. The number of amides is 2. The lowest BCUT2D eigenvalue weighted by molar-refractivity contribution is -0.0665. The summed E-state index contributed by atoms with van der Waals surface area (Å²) in [6, 6.07) is 12.0. The number of imide groups is 1. The molecule has 0 atom stereocenters. The third-order valence-corrected chi connectivity index (χ3v) is 10.0. The van der Waals surface area contributed by atoms with E-state index in [9.17, 15) is 9.59 Å². The van der Waals surface area contributed by atoms with Crippen LogP contribution in [0.3, 0.4) is 0 Å². The maximum Gasteiger partial charge on any atom is 0.263 e. The van der Waals surface area contributed by atoms with Gasteiger partial charge in [0.2, 0.25) is 0 Å². The molecule has 7 heteroatoms. The number of hydrogen-bond donors (Lipinski definition) is 0. The Labute approximate surface area is 224 Å². The molecule has 0 N–H and O–H groups in total. The number of anilines is 1. The summed E-state index contributed by atoms with van der Waals surface area (Å²) in [5.74, 6) is 4.53. The molecular weight excluding hydrogens is 478 g/mol. The topological polar surface area (TPSA) is 62.3 Å². The van der Waals surface area contributed by atoms with Gasteiger partial charge in [-0.05, 0) is 85.6 Å². The van der Waals surface area contributed by atoms with Gasteiger partial charge >= 0.3 is 0 Å². The Morgan fingerprint density at radius 2 is 1.47 bits per heavy atom. The summed E-state index contributed by atoms with van der Waals surface area (Å²) >= 11 is 0. The highest BCUT2D eigenvalue weighted by molar-refractivity contribution is 6.23. The van der Waals surface area contributed by atoms with Crippen molar-refractivity contribution in [2.75, 3.05) is 45.3 Å². The second-order valence-electron chi connectivity index (χ2n) is 12.0. The second-order valence-corrected chi connectivity index (χ2v) is 12.0. The number of rotatable bonds is 6. The van der Waals surface area contributed by atoms with E-state index in [2.05, 4.69) is 9.80 Å². The molecule has 7 nitrogen and oxygen atoms in total. The summed E-state index contributed by atoms with van der Waals surface area (Å²) in [4.78, 5) is 33.4. The standard InChI is InChI=1S/C31H37N3O4/c1-37-26-7-6-19(17-27(26)38-2)18-34-30(35)24-4-3-5-25(28(24)31(34)36)32-8-10-33(11-9-32)29-22-13-20-12-21(15-22)16-23(29)14-20/h3-7,17,20-23,29H,8-16,18H2,1-2H3. The molecule has 0 aromatic heterocycles. The first-order valence-corrected chi connectivity index (χ1v) is 14.2. The van der Waals surface area contributed by atoms with E-state index in [1.165, 1.54) is 37.0 Å². The maximum absolute atomic E-state index is 13.6. The number of benzene rings is 2. The summed E-state index contributed by atoms with van der Waals surface area (Å²) in [6.07, 6.45) is 7.25. The molecule has 4 bridgehead atoms. The lowest BCUT2D eigenvalue weighted by Crippen LogP contribution is -2.60. The molecule has 5 fully saturated rings. The SMILES string of the molecule is COc1ccc(CN2C(=O)c3cccc(N4CCN(C5C6CC7CC(C6)CC5C7)CC4)c3C2=O)cc1OC. The molecule has 8 rings (SSSR count). The van der Waals surface area contributed by atoms with Gasteiger partial charge in [0.25, 0.3) is 11.8 Å². The van der Waals surface area contributed by atoms with E-state index in [1.807, 2.05) is 24.3 Å². The summed E-state index contributed by atoms with van der Waals surface area (Å²) in [6.45, 7) is 4.07. The maximum atomic E-state index is 13.6. The first-order chi connectivity index (χ1) is 18.5.